The lowest BCUT2D eigenvalue weighted by Crippen LogP contribution is -2.05. The van der Waals surface area contributed by atoms with E-state index in [1.165, 1.54) is 77.6 Å². The van der Waals surface area contributed by atoms with Crippen LogP contribution >= 0.6 is 92.4 Å². The van der Waals surface area contributed by atoms with Crippen LogP contribution < -0.4 is 0 Å². The molecular formula is C105H91F3N8O4S8. The zero-order valence-corrected chi connectivity index (χ0v) is 79.1. The summed E-state index contributed by atoms with van der Waals surface area (Å²) in [6.45, 7) is 50.7. The van der Waals surface area contributed by atoms with Crippen LogP contribution in [0.3, 0.4) is 0 Å². The molecule has 0 radical (unpaired) electrons. The van der Waals surface area contributed by atoms with Gasteiger partial charge in [-0.2, -0.15) is 0 Å². The first-order chi connectivity index (χ1) is 62.1. The molecule has 0 spiro atoms. The van der Waals surface area contributed by atoms with E-state index in [9.17, 15) is 53.4 Å². The van der Waals surface area contributed by atoms with Gasteiger partial charge >= 0.3 is 0 Å². The molecule has 644 valence electrons. The molecule has 8 aromatic rings. The Morgan fingerprint density at radius 2 is 0.602 bits per heavy atom. The highest BCUT2D eigenvalue weighted by molar-refractivity contribution is 8.23. The van der Waals surface area contributed by atoms with E-state index < -0.39 is 34.7 Å². The fraction of sp³-hybridized carbons (Fsp3) is 0.314. The van der Waals surface area contributed by atoms with Crippen LogP contribution in [-0.4, -0.2) is 46.1 Å². The Kier molecular flexibility index (Phi) is 31.6. The van der Waals surface area contributed by atoms with Crippen molar-refractivity contribution >= 4 is 173 Å². The van der Waals surface area contributed by atoms with Crippen LogP contribution in [0.4, 0.5) is 13.2 Å². The van der Waals surface area contributed by atoms with Crippen molar-refractivity contribution in [2.75, 3.05) is 23.0 Å². The van der Waals surface area contributed by atoms with Crippen molar-refractivity contribution < 1.29 is 32.3 Å². The number of aryl methyl sites for hydroxylation is 1. The zero-order valence-electron chi connectivity index (χ0n) is 72.6. The highest BCUT2D eigenvalue weighted by Gasteiger charge is 2.41. The number of rotatable bonds is 32. The molecule has 0 fully saturated rings. The Bertz CT molecular complexity index is 6160. The second kappa shape index (κ2) is 42.9. The molecule has 4 unspecified atom stereocenters. The summed E-state index contributed by atoms with van der Waals surface area (Å²) >= 11 is 13.6. The van der Waals surface area contributed by atoms with E-state index >= 15 is 0 Å². The monoisotopic (exact) mass is 1840 g/mol. The third-order valence-corrected chi connectivity index (χ3v) is 34.7. The molecular weight excluding hydrogens is 1750 g/mol. The smallest absolute Gasteiger partial charge is 0.270 e. The largest absolute Gasteiger partial charge is 0.289 e. The first-order valence-electron chi connectivity index (χ1n) is 43.3. The van der Waals surface area contributed by atoms with Crippen LogP contribution in [0.15, 0.2) is 151 Å². The van der Waals surface area contributed by atoms with Crippen molar-refractivity contribution in [2.45, 2.75) is 165 Å². The van der Waals surface area contributed by atoms with Crippen molar-refractivity contribution in [3.05, 3.63) is 306 Å². The number of thioether (sulfide) groups is 4. The molecule has 6 aliphatic rings. The van der Waals surface area contributed by atoms with Gasteiger partial charge in [0, 0.05) is 151 Å². The molecule has 12 nitrogen and oxygen atoms in total. The third kappa shape index (κ3) is 19.2. The van der Waals surface area contributed by atoms with E-state index in [-0.39, 0.29) is 73.2 Å². The van der Waals surface area contributed by atoms with Crippen molar-refractivity contribution in [3.8, 4) is 43.8 Å². The van der Waals surface area contributed by atoms with Gasteiger partial charge in [0.15, 0.2) is 34.8 Å². The van der Waals surface area contributed by atoms with E-state index in [1.54, 1.807) is 78.1 Å². The Labute approximate surface area is 781 Å². The van der Waals surface area contributed by atoms with Crippen molar-refractivity contribution in [3.63, 3.8) is 0 Å². The fourth-order valence-corrected chi connectivity index (χ4v) is 27.8. The van der Waals surface area contributed by atoms with E-state index in [0.717, 1.165) is 166 Å². The Morgan fingerprint density at radius 3 is 0.867 bits per heavy atom. The summed E-state index contributed by atoms with van der Waals surface area (Å²) in [5, 5.41) is 40.1. The molecule has 14 rings (SSSR count). The first kappa shape index (κ1) is 94.5. The lowest BCUT2D eigenvalue weighted by molar-refractivity contribution is 0.103. The summed E-state index contributed by atoms with van der Waals surface area (Å²) in [5.41, 5.74) is 9.88. The standard InChI is InChI=1S/C53H45F3N4O2S4.C52H46N4O2S4/c1-8-12-14-29(10-3)26-63-53(64-27-30(11-4)15-13-9-2)48-39-19-31(17-37-46(44(24-57)59-6)33-16-28(5)41(54)22-35(33)49(37)61)65-51(39)52-40(48)20-32(66-52)18-38-47(45(25-58)60-7)34-21-42(55)43(56)23-36(34)50(38)62;1-7-11-17-31(9-3)29-59-52(60-30-32(10-4)18-12-8-2)47-41-25-33(23-39-45(43(27-53)55-5)35-19-13-15-21-37(35)48(39)57)61-50(41)51-42(47)26-34(62-51)24-40-46(44(28-54)56-6)36-20-14-16-22-38(36)49(40)58/h16-23,29-30H,8-15,26-27H2,1-5H3;13-16,19-26,31-32H,7-12,17-18,29-30H2,1-4H3/b37-17-,38-18-,46-44-,47-45+,53-48?;39-23-,40-24-,45-43-,46-44+,52-47?. The maximum Gasteiger partial charge on any atom is 0.270 e. The van der Waals surface area contributed by atoms with Gasteiger partial charge in [0.05, 0.1) is 70.1 Å². The van der Waals surface area contributed by atoms with Gasteiger partial charge in [-0.25, -0.2) is 53.6 Å². The van der Waals surface area contributed by atoms with E-state index in [0.29, 0.717) is 83.5 Å². The molecule has 4 heterocycles. The Balaban J connectivity index is 0.000000219. The predicted molar refractivity (Wildman–Crippen MR) is 527 cm³/mol. The van der Waals surface area contributed by atoms with Crippen molar-refractivity contribution in [1.82, 2.24) is 0 Å². The minimum Gasteiger partial charge on any atom is -0.289 e. The molecule has 23 heteroatoms. The normalized spacial score (nSPS) is 17.3. The lowest BCUT2D eigenvalue weighted by atomic mass is 10.0. The number of carbonyl (C=O) groups excluding carboxylic acids is 4. The Morgan fingerprint density at radius 1 is 0.352 bits per heavy atom. The van der Waals surface area contributed by atoms with Crippen LogP contribution in [0.1, 0.15) is 269 Å². The zero-order chi connectivity index (χ0) is 91.3. The van der Waals surface area contributed by atoms with Gasteiger partial charge in [-0.3, -0.25) is 19.2 Å². The summed E-state index contributed by atoms with van der Waals surface area (Å²) in [4.78, 5) is 77.0. The minimum atomic E-state index is -1.21. The number of carbonyl (C=O) groups is 4. The number of allylic oxidation sites excluding steroid dienone is 12. The summed E-state index contributed by atoms with van der Waals surface area (Å²) in [5.74, 6) is 1.51. The molecule has 0 N–H and O–H groups in total. The fourth-order valence-electron chi connectivity index (χ4n) is 16.9. The average Bonchev–Trinajstić information content (AvgIpc) is 1.57. The van der Waals surface area contributed by atoms with Gasteiger partial charge in [0.1, 0.15) is 5.82 Å². The molecule has 0 bridgehead atoms. The van der Waals surface area contributed by atoms with Crippen molar-refractivity contribution in [1.29, 1.82) is 21.0 Å². The highest BCUT2D eigenvalue weighted by Crippen LogP contribution is 2.61. The molecule has 0 aliphatic heterocycles. The molecule has 128 heavy (non-hydrogen) atoms. The van der Waals surface area contributed by atoms with Gasteiger partial charge < -0.3 is 0 Å². The number of thiophene rings is 4. The first-order valence-corrected chi connectivity index (χ1v) is 50.5. The maximum atomic E-state index is 14.9. The van der Waals surface area contributed by atoms with Crippen LogP contribution in [-0.2, 0) is 0 Å². The number of unbranched alkanes of at least 4 members (excludes halogenated alkanes) is 4. The van der Waals surface area contributed by atoms with Gasteiger partial charge in [-0.15, -0.1) is 92.4 Å². The number of fused-ring (bicyclic) bond motifs is 10. The lowest BCUT2D eigenvalue weighted by Gasteiger charge is -2.19. The van der Waals surface area contributed by atoms with E-state index in [2.05, 4.69) is 86.9 Å². The summed E-state index contributed by atoms with van der Waals surface area (Å²) < 4.78 is 46.5. The van der Waals surface area contributed by atoms with Gasteiger partial charge in [-0.1, -0.05) is 181 Å². The molecule has 4 aromatic heterocycles. The number of nitrogens with zero attached hydrogens (tertiary/aromatic N) is 8. The minimum absolute atomic E-state index is 0.00404. The van der Waals surface area contributed by atoms with Crippen LogP contribution in [0.5, 0.6) is 0 Å². The second-order valence-electron chi connectivity index (χ2n) is 32.2. The van der Waals surface area contributed by atoms with E-state index in [1.807, 2.05) is 108 Å². The number of nitriles is 4. The summed E-state index contributed by atoms with van der Waals surface area (Å²) in [7, 11) is 0. The van der Waals surface area contributed by atoms with Crippen LogP contribution in [0.25, 0.3) is 96.6 Å². The van der Waals surface area contributed by atoms with Crippen LogP contribution in [0.2, 0.25) is 0 Å². The van der Waals surface area contributed by atoms with Gasteiger partial charge in [0.25, 0.3) is 22.8 Å². The molecule has 4 atom stereocenters. The molecule has 0 saturated carbocycles. The molecule has 6 aliphatic carbocycles. The quantitative estimate of drug-likeness (QED) is 0.0221. The van der Waals surface area contributed by atoms with Crippen LogP contribution in [0, 0.1) is 120 Å². The van der Waals surface area contributed by atoms with E-state index in [4.69, 9.17) is 26.3 Å². The second-order valence-corrected chi connectivity index (χ2v) is 41.2. The SMILES string of the molecule is [C-]#[N+]/C(C#N)=C1\C(=C\c2cc3c(s2)-c2sc(/C=C4\C(=O)c5cc(F)c(F)cc5\C4=C(\C#N)[N+]#[C-])cc2C3=C(SCC(CC)CCCC)SCC(CC)CCCC)C(=O)c2cc(F)c(C)cc21.[C-]#[N+]/C(C#N)=C1\C(=C\c2cc3c(s2)-c2sc(/C=C4\C(=O)c5ccccc5\C4=C(\C#N)[N+]#[C-])cc2C3=C(SCC(CC)CCCC)SCC(CC)CCCC)C(=O)c2ccccc21. The number of hydrogen-bond acceptors (Lipinski definition) is 16. The number of hydrogen-bond donors (Lipinski definition) is 0. The number of Topliss-reactive ketones (excluding diaryl/α,β-unsaturated/α-hetero) is 4. The van der Waals surface area contributed by atoms with Gasteiger partial charge in [-0.05, 0) is 157 Å². The number of halogens is 3. The highest BCUT2D eigenvalue weighted by atomic mass is 32.2. The number of benzene rings is 4. The molecule has 0 amide bonds. The summed E-state index contributed by atoms with van der Waals surface area (Å²) in [6.07, 6.45) is 25.1. The predicted octanol–water partition coefficient (Wildman–Crippen LogP) is 31.3. The topological polar surface area (TPSA) is 181 Å². The van der Waals surface area contributed by atoms with Gasteiger partial charge in [0.2, 0.25) is 0 Å². The van der Waals surface area contributed by atoms with Crippen molar-refractivity contribution in [2.24, 2.45) is 23.7 Å². The average molecular weight is 1840 g/mol. The maximum absolute atomic E-state index is 14.9. The summed E-state index contributed by atoms with van der Waals surface area (Å²) in [6, 6.07) is 35.0. The Hall–Kier alpha value is -11.1. The molecule has 4 aromatic carbocycles. The molecule has 0 saturated heterocycles. The number of ketones is 4. The third-order valence-electron chi connectivity index (χ3n) is 24.2.